The smallest absolute Gasteiger partial charge is 0.251 e. The first-order valence-electron chi connectivity index (χ1n) is 14.0. The Balaban J connectivity index is 1.10. The highest BCUT2D eigenvalue weighted by atomic mass is 32.2. The number of piperazine rings is 1. The third-order valence-electron chi connectivity index (χ3n) is 7.93. The molecule has 5 rings (SSSR count). The Hall–Kier alpha value is -2.53. The van der Waals surface area contributed by atoms with Gasteiger partial charge in [-0.1, -0.05) is 30.7 Å². The first kappa shape index (κ1) is 28.0. The Morgan fingerprint density at radius 1 is 1.05 bits per heavy atom. The first-order chi connectivity index (χ1) is 18.8. The Morgan fingerprint density at radius 2 is 1.79 bits per heavy atom. The molecule has 2 aliphatic rings. The molecule has 3 aromatic rings. The van der Waals surface area contributed by atoms with Gasteiger partial charge in [-0.2, -0.15) is 4.31 Å². The van der Waals surface area contributed by atoms with Gasteiger partial charge in [0.05, 0.1) is 15.1 Å². The van der Waals surface area contributed by atoms with Gasteiger partial charge in [-0.15, -0.1) is 0 Å². The zero-order chi connectivity index (χ0) is 27.6. The maximum absolute atomic E-state index is 13.2. The quantitative estimate of drug-likeness (QED) is 0.432. The third kappa shape index (κ3) is 6.14. The number of hydrogen-bond acceptors (Lipinski definition) is 7. The number of sulfonamides is 1. The van der Waals surface area contributed by atoms with Crippen molar-refractivity contribution in [2.24, 2.45) is 0 Å². The minimum absolute atomic E-state index is 0.0586. The van der Waals surface area contributed by atoms with Crippen molar-refractivity contribution < 1.29 is 13.2 Å². The van der Waals surface area contributed by atoms with Gasteiger partial charge in [0.15, 0.2) is 5.13 Å². The lowest BCUT2D eigenvalue weighted by Crippen LogP contribution is -2.48. The summed E-state index contributed by atoms with van der Waals surface area (Å²) in [7, 11) is -3.55. The number of fused-ring (bicyclic) bond motifs is 1. The standard InChI is InChI=1S/C29H39N5O3S2/c1-4-24-7-5-6-13-34(24)39(36,37)25-10-8-23(9-11-25)28(35)30-12-14-32-15-17-33(18-16-32)29-31-26-20-21(2)19-22(3)27(26)38-29/h8-11,19-20,24H,4-7,12-18H2,1-3H3,(H,30,35). The van der Waals surface area contributed by atoms with E-state index in [9.17, 15) is 13.2 Å². The molecule has 39 heavy (non-hydrogen) atoms. The second-order valence-corrected chi connectivity index (χ2v) is 13.6. The van der Waals surface area contributed by atoms with E-state index < -0.39 is 10.0 Å². The summed E-state index contributed by atoms with van der Waals surface area (Å²) >= 11 is 1.77. The SMILES string of the molecule is CCC1CCCCN1S(=O)(=O)c1ccc(C(=O)NCCN2CCN(c3nc4cc(C)cc(C)c4s3)CC2)cc1. The summed E-state index contributed by atoms with van der Waals surface area (Å²) in [5.41, 5.74) is 4.09. The third-order valence-corrected chi connectivity index (χ3v) is 11.2. The van der Waals surface area contributed by atoms with E-state index in [0.29, 0.717) is 18.7 Å². The second kappa shape index (κ2) is 11.9. The largest absolute Gasteiger partial charge is 0.351 e. The van der Waals surface area contributed by atoms with Crippen molar-refractivity contribution in [3.63, 3.8) is 0 Å². The van der Waals surface area contributed by atoms with Gasteiger partial charge in [-0.25, -0.2) is 13.4 Å². The van der Waals surface area contributed by atoms with E-state index in [-0.39, 0.29) is 16.8 Å². The molecule has 8 nitrogen and oxygen atoms in total. The van der Waals surface area contributed by atoms with Gasteiger partial charge in [0.2, 0.25) is 10.0 Å². The van der Waals surface area contributed by atoms with E-state index in [0.717, 1.165) is 69.1 Å². The molecular weight excluding hydrogens is 530 g/mol. The van der Waals surface area contributed by atoms with Crippen LogP contribution < -0.4 is 10.2 Å². The predicted octanol–water partition coefficient (Wildman–Crippen LogP) is 4.42. The van der Waals surface area contributed by atoms with Crippen LogP contribution in [0.1, 0.15) is 54.1 Å². The molecule has 210 valence electrons. The van der Waals surface area contributed by atoms with E-state index in [1.807, 2.05) is 6.92 Å². The van der Waals surface area contributed by atoms with Crippen LogP contribution in [0.3, 0.4) is 0 Å². The number of nitrogens with zero attached hydrogens (tertiary/aromatic N) is 4. The highest BCUT2D eigenvalue weighted by Gasteiger charge is 2.32. The maximum atomic E-state index is 13.2. The van der Waals surface area contributed by atoms with Gasteiger partial charge in [-0.3, -0.25) is 9.69 Å². The molecule has 2 fully saturated rings. The topological polar surface area (TPSA) is 85.8 Å². The molecule has 1 amide bonds. The van der Waals surface area contributed by atoms with Crippen LogP contribution in [-0.2, 0) is 10.0 Å². The van der Waals surface area contributed by atoms with Gasteiger partial charge in [-0.05, 0) is 74.6 Å². The van der Waals surface area contributed by atoms with Crippen LogP contribution in [0.4, 0.5) is 5.13 Å². The fourth-order valence-electron chi connectivity index (χ4n) is 5.70. The minimum Gasteiger partial charge on any atom is -0.351 e. The van der Waals surface area contributed by atoms with Crippen LogP contribution in [0.25, 0.3) is 10.2 Å². The molecule has 0 spiro atoms. The van der Waals surface area contributed by atoms with Gasteiger partial charge in [0.1, 0.15) is 0 Å². The number of rotatable bonds is 8. The summed E-state index contributed by atoms with van der Waals surface area (Å²) in [6.45, 7) is 11.9. The van der Waals surface area contributed by atoms with Gasteiger partial charge >= 0.3 is 0 Å². The zero-order valence-electron chi connectivity index (χ0n) is 23.1. The zero-order valence-corrected chi connectivity index (χ0v) is 24.8. The van der Waals surface area contributed by atoms with Crippen LogP contribution in [0.15, 0.2) is 41.3 Å². The number of hydrogen-bond donors (Lipinski definition) is 1. The van der Waals surface area contributed by atoms with Gasteiger partial charge in [0, 0.05) is 57.4 Å². The van der Waals surface area contributed by atoms with Crippen molar-refractivity contribution in [3.05, 3.63) is 53.1 Å². The normalized spacial score (nSPS) is 19.5. The molecule has 2 aromatic carbocycles. The number of carbonyl (C=O) groups excluding carboxylic acids is 1. The number of amides is 1. The van der Waals surface area contributed by atoms with E-state index >= 15 is 0 Å². The summed E-state index contributed by atoms with van der Waals surface area (Å²) < 4.78 is 29.3. The molecule has 3 heterocycles. The summed E-state index contributed by atoms with van der Waals surface area (Å²) in [6, 6.07) is 10.8. The van der Waals surface area contributed by atoms with Crippen molar-refractivity contribution >= 4 is 42.6 Å². The van der Waals surface area contributed by atoms with Crippen LogP contribution >= 0.6 is 11.3 Å². The van der Waals surface area contributed by atoms with Crippen molar-refractivity contribution in [1.29, 1.82) is 0 Å². The molecule has 1 aromatic heterocycles. The molecule has 2 saturated heterocycles. The van der Waals surface area contributed by atoms with Crippen molar-refractivity contribution in [2.45, 2.75) is 57.4 Å². The molecule has 0 saturated carbocycles. The summed E-state index contributed by atoms with van der Waals surface area (Å²) in [4.78, 5) is 22.6. The molecule has 2 aliphatic heterocycles. The number of carbonyl (C=O) groups is 1. The number of aryl methyl sites for hydroxylation is 2. The fourth-order valence-corrected chi connectivity index (χ4v) is 8.54. The molecule has 1 unspecified atom stereocenters. The Labute approximate surface area is 236 Å². The predicted molar refractivity (Wildman–Crippen MR) is 158 cm³/mol. The number of aromatic nitrogens is 1. The van der Waals surface area contributed by atoms with Crippen LogP contribution in [0.5, 0.6) is 0 Å². The monoisotopic (exact) mass is 569 g/mol. The molecule has 1 N–H and O–H groups in total. The molecular formula is C29H39N5O3S2. The highest BCUT2D eigenvalue weighted by molar-refractivity contribution is 7.89. The van der Waals surface area contributed by atoms with E-state index in [4.69, 9.17) is 4.98 Å². The Kier molecular flexibility index (Phi) is 8.56. The Bertz CT molecular complexity index is 1410. The molecule has 10 heteroatoms. The highest BCUT2D eigenvalue weighted by Crippen LogP contribution is 2.32. The number of nitrogens with one attached hydrogen (secondary N) is 1. The molecule has 1 atom stereocenters. The van der Waals surface area contributed by atoms with E-state index in [1.165, 1.54) is 15.8 Å². The minimum atomic E-state index is -3.55. The van der Waals surface area contributed by atoms with Crippen molar-refractivity contribution in [3.8, 4) is 0 Å². The van der Waals surface area contributed by atoms with E-state index in [2.05, 4.69) is 41.1 Å². The van der Waals surface area contributed by atoms with Crippen molar-refractivity contribution in [1.82, 2.24) is 19.5 Å². The molecule has 0 radical (unpaired) electrons. The first-order valence-corrected chi connectivity index (χ1v) is 16.3. The van der Waals surface area contributed by atoms with Crippen LogP contribution in [0, 0.1) is 13.8 Å². The van der Waals surface area contributed by atoms with Gasteiger partial charge in [0.25, 0.3) is 5.91 Å². The number of thiazole rings is 1. The summed E-state index contributed by atoms with van der Waals surface area (Å²) in [5, 5.41) is 4.08. The maximum Gasteiger partial charge on any atom is 0.251 e. The summed E-state index contributed by atoms with van der Waals surface area (Å²) in [5.74, 6) is -0.179. The average molecular weight is 570 g/mol. The second-order valence-electron chi connectivity index (χ2n) is 10.7. The summed E-state index contributed by atoms with van der Waals surface area (Å²) in [6.07, 6.45) is 3.69. The van der Waals surface area contributed by atoms with E-state index in [1.54, 1.807) is 39.9 Å². The molecule has 0 bridgehead atoms. The van der Waals surface area contributed by atoms with Crippen molar-refractivity contribution in [2.75, 3.05) is 50.7 Å². The lowest BCUT2D eigenvalue weighted by molar-refractivity contribution is 0.0947. The van der Waals surface area contributed by atoms with Gasteiger partial charge < -0.3 is 10.2 Å². The van der Waals surface area contributed by atoms with Crippen LogP contribution in [-0.4, -0.2) is 80.4 Å². The fraction of sp³-hybridized carbons (Fsp3) is 0.517. The average Bonchev–Trinajstić information content (AvgIpc) is 3.38. The lowest BCUT2D eigenvalue weighted by Gasteiger charge is -2.34. The number of piperidine rings is 1. The lowest BCUT2D eigenvalue weighted by atomic mass is 10.0. The molecule has 0 aliphatic carbocycles. The van der Waals surface area contributed by atoms with Crippen LogP contribution in [0.2, 0.25) is 0 Å². The Morgan fingerprint density at radius 3 is 2.51 bits per heavy atom. The number of benzene rings is 2. The number of anilines is 1.